The average molecular weight is 330 g/mol. The van der Waals surface area contributed by atoms with E-state index in [1.807, 2.05) is 19.1 Å². The summed E-state index contributed by atoms with van der Waals surface area (Å²) < 4.78 is 25.6. The van der Waals surface area contributed by atoms with Gasteiger partial charge in [0, 0.05) is 12.7 Å². The van der Waals surface area contributed by atoms with E-state index in [-0.39, 0.29) is 17.3 Å². The largest absolute Gasteiger partial charge is 0.497 e. The van der Waals surface area contributed by atoms with Crippen LogP contribution in [0.4, 0.5) is 4.39 Å². The van der Waals surface area contributed by atoms with E-state index in [1.54, 1.807) is 26.4 Å². The maximum Gasteiger partial charge on any atom is 0.131 e. The summed E-state index contributed by atoms with van der Waals surface area (Å²) in [5, 5.41) is 0. The van der Waals surface area contributed by atoms with E-state index >= 15 is 0 Å². The van der Waals surface area contributed by atoms with Crippen molar-refractivity contribution in [1.29, 1.82) is 0 Å². The Morgan fingerprint density at radius 2 is 1.75 bits per heavy atom. The Labute approximate surface area is 144 Å². The Morgan fingerprint density at radius 1 is 1.04 bits per heavy atom. The molecule has 3 heteroatoms. The van der Waals surface area contributed by atoms with E-state index < -0.39 is 0 Å². The zero-order chi connectivity index (χ0) is 17.9. The molecule has 0 saturated carbocycles. The van der Waals surface area contributed by atoms with Gasteiger partial charge in [0.1, 0.15) is 11.6 Å². The monoisotopic (exact) mass is 330 g/mol. The molecule has 0 heterocycles. The molecule has 2 nitrogen and oxygen atoms in total. The highest BCUT2D eigenvalue weighted by molar-refractivity contribution is 5.70. The Balaban J connectivity index is 2.69. The van der Waals surface area contributed by atoms with Crippen LogP contribution in [0, 0.1) is 18.2 Å². The third-order valence-corrected chi connectivity index (χ3v) is 4.81. The van der Waals surface area contributed by atoms with Crippen LogP contribution in [0.2, 0.25) is 0 Å². The maximum atomic E-state index is 14.5. The number of hydrogen-bond acceptors (Lipinski definition) is 2. The Morgan fingerprint density at radius 3 is 2.33 bits per heavy atom. The normalized spacial score (nSPS) is 13.0. The van der Waals surface area contributed by atoms with Crippen molar-refractivity contribution in [2.45, 2.75) is 40.2 Å². The van der Waals surface area contributed by atoms with Gasteiger partial charge in [-0.15, -0.1) is 0 Å². The minimum Gasteiger partial charge on any atom is -0.497 e. The van der Waals surface area contributed by atoms with Crippen molar-refractivity contribution < 1.29 is 13.9 Å². The molecule has 130 valence electrons. The first kappa shape index (κ1) is 18.5. The fourth-order valence-corrected chi connectivity index (χ4v) is 3.03. The molecule has 2 rings (SSSR count). The van der Waals surface area contributed by atoms with Gasteiger partial charge in [-0.2, -0.15) is 0 Å². The van der Waals surface area contributed by atoms with Crippen LogP contribution < -0.4 is 4.74 Å². The van der Waals surface area contributed by atoms with Crippen molar-refractivity contribution in [3.8, 4) is 16.9 Å². The summed E-state index contributed by atoms with van der Waals surface area (Å²) in [6.07, 6.45) is 0.836. The molecule has 0 N–H and O–H groups in total. The van der Waals surface area contributed by atoms with Gasteiger partial charge in [-0.25, -0.2) is 4.39 Å². The van der Waals surface area contributed by atoms with Gasteiger partial charge >= 0.3 is 0 Å². The number of halogens is 1. The van der Waals surface area contributed by atoms with Crippen molar-refractivity contribution in [1.82, 2.24) is 0 Å². The van der Waals surface area contributed by atoms with Gasteiger partial charge in [-0.3, -0.25) is 0 Å². The van der Waals surface area contributed by atoms with Gasteiger partial charge in [-0.05, 0) is 48.1 Å². The number of ether oxygens (including phenoxy) is 2. The number of methoxy groups -OCH3 is 2. The molecule has 0 saturated heterocycles. The Kier molecular flexibility index (Phi) is 5.66. The van der Waals surface area contributed by atoms with E-state index in [0.717, 1.165) is 23.1 Å². The van der Waals surface area contributed by atoms with Gasteiger partial charge in [0.2, 0.25) is 0 Å². The first-order valence-electron chi connectivity index (χ1n) is 8.31. The summed E-state index contributed by atoms with van der Waals surface area (Å²) >= 11 is 0. The topological polar surface area (TPSA) is 18.5 Å². The second-order valence-electron chi connectivity index (χ2n) is 6.89. The lowest BCUT2D eigenvalue weighted by Gasteiger charge is -2.34. The van der Waals surface area contributed by atoms with Crippen molar-refractivity contribution in [2.24, 2.45) is 5.41 Å². The van der Waals surface area contributed by atoms with Crippen molar-refractivity contribution in [2.75, 3.05) is 14.2 Å². The molecule has 1 unspecified atom stereocenters. The zero-order valence-electron chi connectivity index (χ0n) is 15.4. The van der Waals surface area contributed by atoms with Crippen molar-refractivity contribution in [3.05, 3.63) is 53.3 Å². The van der Waals surface area contributed by atoms with Crippen LogP contribution in [0.25, 0.3) is 11.1 Å². The predicted molar refractivity (Wildman–Crippen MR) is 96.9 cm³/mol. The zero-order valence-corrected chi connectivity index (χ0v) is 15.4. The molecule has 0 bridgehead atoms. The van der Waals surface area contributed by atoms with E-state index in [0.29, 0.717) is 11.3 Å². The van der Waals surface area contributed by atoms with E-state index in [2.05, 4.69) is 26.8 Å². The third kappa shape index (κ3) is 3.62. The lowest BCUT2D eigenvalue weighted by Crippen LogP contribution is -2.23. The van der Waals surface area contributed by atoms with E-state index in [4.69, 9.17) is 9.47 Å². The Hall–Kier alpha value is -1.87. The van der Waals surface area contributed by atoms with Crippen LogP contribution in [0.3, 0.4) is 0 Å². The van der Waals surface area contributed by atoms with Gasteiger partial charge < -0.3 is 9.47 Å². The number of aryl methyl sites for hydroxylation is 1. The third-order valence-electron chi connectivity index (χ3n) is 4.81. The molecule has 0 amide bonds. The van der Waals surface area contributed by atoms with E-state index in [1.165, 1.54) is 6.07 Å². The molecular formula is C21H27FO2. The number of hydrogen-bond donors (Lipinski definition) is 0. The fourth-order valence-electron chi connectivity index (χ4n) is 3.03. The lowest BCUT2D eigenvalue weighted by molar-refractivity contribution is 0.00328. The Bertz CT molecular complexity index is 707. The first-order chi connectivity index (χ1) is 11.3. The van der Waals surface area contributed by atoms with Crippen LogP contribution in [0.1, 0.15) is 44.4 Å². The van der Waals surface area contributed by atoms with Gasteiger partial charge in [0.05, 0.1) is 13.2 Å². The summed E-state index contributed by atoms with van der Waals surface area (Å²) in [7, 11) is 3.31. The molecule has 0 aliphatic heterocycles. The summed E-state index contributed by atoms with van der Waals surface area (Å²) in [5.74, 6) is 0.381. The van der Waals surface area contributed by atoms with Crippen molar-refractivity contribution >= 4 is 0 Å². The summed E-state index contributed by atoms with van der Waals surface area (Å²) in [4.78, 5) is 0. The summed E-state index contributed by atoms with van der Waals surface area (Å²) in [5.41, 5.74) is 3.47. The highest BCUT2D eigenvalue weighted by Gasteiger charge is 2.31. The average Bonchev–Trinajstić information content (AvgIpc) is 2.56. The van der Waals surface area contributed by atoms with Gasteiger partial charge in [0.15, 0.2) is 0 Å². The standard InChI is InChI=1S/C21H27FO2/c1-7-21(3,4)20(24-6)18-12-14(2)8-10-16(18)17-13-15(23-5)9-11-19(17)22/h8-13,20H,7H2,1-6H3. The van der Waals surface area contributed by atoms with Crippen molar-refractivity contribution in [3.63, 3.8) is 0 Å². The molecule has 2 aromatic carbocycles. The second kappa shape index (κ2) is 7.35. The lowest BCUT2D eigenvalue weighted by atomic mass is 9.77. The van der Waals surface area contributed by atoms with Crippen LogP contribution in [0.15, 0.2) is 36.4 Å². The molecule has 0 aliphatic carbocycles. The van der Waals surface area contributed by atoms with Gasteiger partial charge in [0.25, 0.3) is 0 Å². The molecule has 0 spiro atoms. The van der Waals surface area contributed by atoms with Gasteiger partial charge in [-0.1, -0.05) is 44.5 Å². The summed E-state index contributed by atoms with van der Waals surface area (Å²) in [6.45, 7) is 8.54. The molecule has 0 aromatic heterocycles. The molecule has 24 heavy (non-hydrogen) atoms. The van der Waals surface area contributed by atoms with Crippen LogP contribution >= 0.6 is 0 Å². The van der Waals surface area contributed by atoms with E-state index in [9.17, 15) is 4.39 Å². The fraction of sp³-hybridized carbons (Fsp3) is 0.429. The summed E-state index contributed by atoms with van der Waals surface area (Å²) in [6, 6.07) is 10.9. The van der Waals surface area contributed by atoms with Crippen LogP contribution in [0.5, 0.6) is 5.75 Å². The second-order valence-corrected chi connectivity index (χ2v) is 6.89. The first-order valence-corrected chi connectivity index (χ1v) is 8.31. The van der Waals surface area contributed by atoms with Crippen LogP contribution in [-0.2, 0) is 4.74 Å². The number of rotatable bonds is 6. The number of benzene rings is 2. The molecule has 0 aliphatic rings. The molecule has 2 aromatic rings. The SMILES string of the molecule is CCC(C)(C)C(OC)c1cc(C)ccc1-c1cc(OC)ccc1F. The molecular weight excluding hydrogens is 303 g/mol. The minimum atomic E-state index is -0.259. The molecule has 0 fully saturated rings. The molecule has 1 atom stereocenters. The quantitative estimate of drug-likeness (QED) is 0.653. The highest BCUT2D eigenvalue weighted by atomic mass is 19.1. The molecule has 0 radical (unpaired) electrons. The van der Waals surface area contributed by atoms with Crippen LogP contribution in [-0.4, -0.2) is 14.2 Å². The highest BCUT2D eigenvalue weighted by Crippen LogP contribution is 2.43. The maximum absolute atomic E-state index is 14.5. The smallest absolute Gasteiger partial charge is 0.131 e. The predicted octanol–water partition coefficient (Wildman–Crippen LogP) is 5.93. The minimum absolute atomic E-state index is 0.0629.